The Kier molecular flexibility index (Phi) is 3.45. The van der Waals surface area contributed by atoms with Crippen molar-refractivity contribution in [2.45, 2.75) is 13.8 Å². The number of aromatic nitrogens is 3. The van der Waals surface area contributed by atoms with E-state index in [0.29, 0.717) is 11.0 Å². The van der Waals surface area contributed by atoms with Crippen LogP contribution >= 0.6 is 23.2 Å². The van der Waals surface area contributed by atoms with Gasteiger partial charge in [0.05, 0.1) is 10.7 Å². The Balaban J connectivity index is 2.33. The van der Waals surface area contributed by atoms with Crippen LogP contribution in [-0.4, -0.2) is 15.0 Å². The lowest BCUT2D eigenvalue weighted by Crippen LogP contribution is -1.99. The zero-order valence-electron chi connectivity index (χ0n) is 9.33. The Morgan fingerprint density at radius 2 is 1.76 bits per heavy atom. The highest BCUT2D eigenvalue weighted by Crippen LogP contribution is 2.27. The fraction of sp³-hybridized carbons (Fsp3) is 0.182. The lowest BCUT2D eigenvalue weighted by molar-refractivity contribution is 1.05. The third-order valence-electron chi connectivity index (χ3n) is 2.37. The van der Waals surface area contributed by atoms with Crippen molar-refractivity contribution in [3.8, 4) is 0 Å². The molecule has 88 valence electrons. The molecule has 17 heavy (non-hydrogen) atoms. The molecule has 0 spiro atoms. The van der Waals surface area contributed by atoms with Crippen molar-refractivity contribution in [2.75, 3.05) is 5.32 Å². The Hall–Kier alpha value is -1.39. The molecule has 1 heterocycles. The molecule has 0 aliphatic heterocycles. The van der Waals surface area contributed by atoms with Crippen LogP contribution in [0.25, 0.3) is 0 Å². The molecule has 0 atom stereocenters. The van der Waals surface area contributed by atoms with Gasteiger partial charge >= 0.3 is 0 Å². The second kappa shape index (κ2) is 4.85. The van der Waals surface area contributed by atoms with E-state index in [0.717, 1.165) is 16.8 Å². The van der Waals surface area contributed by atoms with Crippen LogP contribution in [0.15, 0.2) is 18.5 Å². The summed E-state index contributed by atoms with van der Waals surface area (Å²) in [7, 11) is 0. The Bertz CT molecular complexity index is 557. The fourth-order valence-corrected chi connectivity index (χ4v) is 1.72. The maximum atomic E-state index is 6.12. The molecular formula is C11H10Cl2N4. The quantitative estimate of drug-likeness (QED) is 0.905. The van der Waals surface area contributed by atoms with E-state index in [9.17, 15) is 0 Å². The molecule has 4 nitrogen and oxygen atoms in total. The van der Waals surface area contributed by atoms with Gasteiger partial charge in [0.1, 0.15) is 6.33 Å². The van der Waals surface area contributed by atoms with E-state index in [2.05, 4.69) is 20.3 Å². The number of hydrogen-bond acceptors (Lipinski definition) is 4. The van der Waals surface area contributed by atoms with Gasteiger partial charge in [0, 0.05) is 0 Å². The van der Waals surface area contributed by atoms with Gasteiger partial charge in [0.15, 0.2) is 0 Å². The van der Waals surface area contributed by atoms with Crippen molar-refractivity contribution in [3.63, 3.8) is 0 Å². The first kappa shape index (κ1) is 12.1. The molecule has 1 N–H and O–H groups in total. The zero-order valence-corrected chi connectivity index (χ0v) is 10.8. The standard InChI is InChI=1S/C11H10Cl2N4/c1-6-3-8(12)9(4-7(6)2)16-11-15-5-14-10(13)17-11/h3-5H,1-2H3,(H,14,15,16,17). The normalized spacial score (nSPS) is 10.4. The summed E-state index contributed by atoms with van der Waals surface area (Å²) < 4.78 is 0. The molecule has 0 unspecified atom stereocenters. The average molecular weight is 269 g/mol. The summed E-state index contributed by atoms with van der Waals surface area (Å²) in [4.78, 5) is 11.6. The van der Waals surface area contributed by atoms with Crippen molar-refractivity contribution >= 4 is 34.8 Å². The lowest BCUT2D eigenvalue weighted by atomic mass is 10.1. The molecule has 0 radical (unpaired) electrons. The molecule has 0 saturated heterocycles. The van der Waals surface area contributed by atoms with E-state index in [4.69, 9.17) is 23.2 Å². The molecule has 0 fully saturated rings. The van der Waals surface area contributed by atoms with Crippen LogP contribution < -0.4 is 5.32 Å². The van der Waals surface area contributed by atoms with Crippen LogP contribution in [0.5, 0.6) is 0 Å². The number of aryl methyl sites for hydroxylation is 2. The topological polar surface area (TPSA) is 50.7 Å². The number of rotatable bonds is 2. The Morgan fingerprint density at radius 1 is 1.06 bits per heavy atom. The van der Waals surface area contributed by atoms with Crippen LogP contribution in [0.1, 0.15) is 11.1 Å². The first-order valence-electron chi connectivity index (χ1n) is 4.94. The third-order valence-corrected chi connectivity index (χ3v) is 2.87. The lowest BCUT2D eigenvalue weighted by Gasteiger charge is -2.09. The van der Waals surface area contributed by atoms with Crippen LogP contribution in [-0.2, 0) is 0 Å². The van der Waals surface area contributed by atoms with Crippen molar-refractivity contribution in [1.82, 2.24) is 15.0 Å². The van der Waals surface area contributed by atoms with E-state index in [1.54, 1.807) is 0 Å². The minimum Gasteiger partial charge on any atom is -0.323 e. The highest BCUT2D eigenvalue weighted by molar-refractivity contribution is 6.33. The van der Waals surface area contributed by atoms with Crippen LogP contribution in [0.4, 0.5) is 11.6 Å². The van der Waals surface area contributed by atoms with Gasteiger partial charge in [-0.1, -0.05) is 11.6 Å². The molecule has 0 amide bonds. The molecule has 0 bridgehead atoms. The average Bonchev–Trinajstić information content (AvgIpc) is 2.26. The number of hydrogen-bond donors (Lipinski definition) is 1. The highest BCUT2D eigenvalue weighted by atomic mass is 35.5. The number of anilines is 2. The van der Waals surface area contributed by atoms with E-state index in [1.807, 2.05) is 26.0 Å². The van der Waals surface area contributed by atoms with Gasteiger partial charge in [-0.15, -0.1) is 0 Å². The predicted octanol–water partition coefficient (Wildman–Crippen LogP) is 3.54. The molecule has 6 heteroatoms. The van der Waals surface area contributed by atoms with Gasteiger partial charge in [0.2, 0.25) is 11.2 Å². The monoisotopic (exact) mass is 268 g/mol. The minimum atomic E-state index is 0.141. The van der Waals surface area contributed by atoms with Crippen molar-refractivity contribution in [2.24, 2.45) is 0 Å². The molecule has 1 aromatic heterocycles. The van der Waals surface area contributed by atoms with E-state index < -0.39 is 0 Å². The molecule has 0 saturated carbocycles. The Morgan fingerprint density at radius 3 is 2.47 bits per heavy atom. The van der Waals surface area contributed by atoms with Crippen molar-refractivity contribution in [3.05, 3.63) is 39.9 Å². The van der Waals surface area contributed by atoms with Gasteiger partial charge in [-0.2, -0.15) is 4.98 Å². The van der Waals surface area contributed by atoms with E-state index >= 15 is 0 Å². The summed E-state index contributed by atoms with van der Waals surface area (Å²) in [5, 5.41) is 3.76. The highest BCUT2D eigenvalue weighted by Gasteiger charge is 2.05. The molecule has 0 aliphatic rings. The zero-order chi connectivity index (χ0) is 12.4. The third kappa shape index (κ3) is 2.84. The summed E-state index contributed by atoms with van der Waals surface area (Å²) in [5.74, 6) is 0.371. The van der Waals surface area contributed by atoms with Gasteiger partial charge in [-0.05, 0) is 48.7 Å². The molecule has 2 rings (SSSR count). The second-order valence-corrected chi connectivity index (χ2v) is 4.36. The Labute approximate surface area is 109 Å². The molecule has 1 aromatic carbocycles. The second-order valence-electron chi connectivity index (χ2n) is 3.62. The van der Waals surface area contributed by atoms with Crippen molar-refractivity contribution in [1.29, 1.82) is 0 Å². The molecule has 0 aliphatic carbocycles. The molecule has 2 aromatic rings. The maximum Gasteiger partial charge on any atom is 0.231 e. The maximum absolute atomic E-state index is 6.12. The summed E-state index contributed by atoms with van der Waals surface area (Å²) in [5.41, 5.74) is 3.02. The smallest absolute Gasteiger partial charge is 0.231 e. The number of halogens is 2. The fourth-order valence-electron chi connectivity index (χ4n) is 1.33. The largest absolute Gasteiger partial charge is 0.323 e. The van der Waals surface area contributed by atoms with E-state index in [1.165, 1.54) is 6.33 Å². The molecular weight excluding hydrogens is 259 g/mol. The van der Waals surface area contributed by atoms with Gasteiger partial charge in [-0.3, -0.25) is 0 Å². The van der Waals surface area contributed by atoms with Gasteiger partial charge < -0.3 is 5.32 Å². The first-order valence-corrected chi connectivity index (χ1v) is 5.70. The summed E-state index contributed by atoms with van der Waals surface area (Å²) in [6, 6.07) is 3.83. The van der Waals surface area contributed by atoms with Crippen LogP contribution in [0.2, 0.25) is 10.3 Å². The van der Waals surface area contributed by atoms with Crippen molar-refractivity contribution < 1.29 is 0 Å². The van der Waals surface area contributed by atoms with Gasteiger partial charge in [-0.25, -0.2) is 9.97 Å². The SMILES string of the molecule is Cc1cc(Cl)c(Nc2ncnc(Cl)n2)cc1C. The first-order chi connectivity index (χ1) is 8.06. The van der Waals surface area contributed by atoms with E-state index in [-0.39, 0.29) is 5.28 Å². The number of benzene rings is 1. The van der Waals surface area contributed by atoms with Crippen LogP contribution in [0, 0.1) is 13.8 Å². The van der Waals surface area contributed by atoms with Crippen LogP contribution in [0.3, 0.4) is 0 Å². The number of nitrogens with one attached hydrogen (secondary N) is 1. The summed E-state index contributed by atoms with van der Waals surface area (Å²) in [6.07, 6.45) is 1.34. The summed E-state index contributed by atoms with van der Waals surface area (Å²) >= 11 is 11.8. The van der Waals surface area contributed by atoms with Gasteiger partial charge in [0.25, 0.3) is 0 Å². The minimum absolute atomic E-state index is 0.141. The number of nitrogens with zero attached hydrogens (tertiary/aromatic N) is 3. The summed E-state index contributed by atoms with van der Waals surface area (Å²) in [6.45, 7) is 4.02. The predicted molar refractivity (Wildman–Crippen MR) is 69.0 cm³/mol.